The topological polar surface area (TPSA) is 75.2 Å². The number of aryl methyl sites for hydroxylation is 1. The van der Waals surface area contributed by atoms with Gasteiger partial charge in [0.25, 0.3) is 0 Å². The molecule has 31 heavy (non-hydrogen) atoms. The minimum Gasteiger partial charge on any atom is -0.307 e. The molecule has 1 aromatic carbocycles. The van der Waals surface area contributed by atoms with Crippen LogP contribution in [-0.2, 0) is 15.8 Å². The quantitative estimate of drug-likeness (QED) is 0.547. The highest BCUT2D eigenvalue weighted by atomic mass is 32.1. The smallest absolute Gasteiger partial charge is 0.307 e. The molecule has 2 amide bonds. The first-order valence-corrected chi connectivity index (χ1v) is 9.86. The Hall–Kier alpha value is -3.53. The van der Waals surface area contributed by atoms with Gasteiger partial charge in [-0.15, -0.1) is 11.3 Å². The van der Waals surface area contributed by atoms with Crippen LogP contribution in [0.5, 0.6) is 0 Å². The number of hydrogen-bond donors (Lipinski definition) is 1. The minimum absolute atomic E-state index is 0.0514. The molecule has 0 saturated heterocycles. The lowest BCUT2D eigenvalue weighted by Gasteiger charge is -2.19. The second-order valence-corrected chi connectivity index (χ2v) is 7.34. The third kappa shape index (κ3) is 5.76. The number of thiazole rings is 1. The van der Waals surface area contributed by atoms with Crippen LogP contribution >= 0.6 is 11.3 Å². The number of benzene rings is 1. The van der Waals surface area contributed by atoms with Crippen molar-refractivity contribution < 1.29 is 22.8 Å². The number of anilines is 3. The van der Waals surface area contributed by atoms with E-state index in [1.165, 1.54) is 31.2 Å². The van der Waals surface area contributed by atoms with Gasteiger partial charge in [0.1, 0.15) is 5.82 Å². The summed E-state index contributed by atoms with van der Waals surface area (Å²) in [5.41, 5.74) is 0.507. The molecule has 3 rings (SSSR count). The van der Waals surface area contributed by atoms with E-state index in [1.54, 1.807) is 23.7 Å². The molecule has 3 aromatic rings. The predicted octanol–water partition coefficient (Wildman–Crippen LogP) is 5.20. The van der Waals surface area contributed by atoms with Crippen molar-refractivity contribution in [1.82, 2.24) is 9.97 Å². The Kier molecular flexibility index (Phi) is 6.50. The molecule has 1 N–H and O–H groups in total. The molecule has 0 aliphatic rings. The number of carbonyl (C=O) groups is 2. The summed E-state index contributed by atoms with van der Waals surface area (Å²) in [5.74, 6) is -0.512. The van der Waals surface area contributed by atoms with Crippen LogP contribution in [0.25, 0.3) is 6.08 Å². The Balaban J connectivity index is 1.78. The lowest BCUT2D eigenvalue weighted by atomic mass is 10.2. The van der Waals surface area contributed by atoms with Crippen molar-refractivity contribution in [2.45, 2.75) is 20.0 Å². The van der Waals surface area contributed by atoms with Crippen molar-refractivity contribution >= 4 is 45.9 Å². The summed E-state index contributed by atoms with van der Waals surface area (Å²) in [6.07, 6.45) is -0.263. The molecular weight excluding hydrogens is 429 g/mol. The Morgan fingerprint density at radius 2 is 1.97 bits per heavy atom. The summed E-state index contributed by atoms with van der Waals surface area (Å²) >= 11 is 1.07. The molecule has 0 unspecified atom stereocenters. The van der Waals surface area contributed by atoms with Crippen LogP contribution in [-0.4, -0.2) is 21.8 Å². The van der Waals surface area contributed by atoms with Crippen LogP contribution in [0.3, 0.4) is 0 Å². The normalized spacial score (nSPS) is 11.5. The van der Waals surface area contributed by atoms with Crippen LogP contribution in [0.1, 0.15) is 23.7 Å². The summed E-state index contributed by atoms with van der Waals surface area (Å²) in [6, 6.07) is 7.96. The summed E-state index contributed by atoms with van der Waals surface area (Å²) in [6.45, 7) is 3.11. The molecule has 0 aliphatic carbocycles. The molecule has 0 fully saturated rings. The van der Waals surface area contributed by atoms with Crippen LogP contribution in [0, 0.1) is 6.92 Å². The number of halogens is 3. The lowest BCUT2D eigenvalue weighted by Crippen LogP contribution is -2.23. The molecule has 0 radical (unpaired) electrons. The van der Waals surface area contributed by atoms with E-state index >= 15 is 0 Å². The van der Waals surface area contributed by atoms with Crippen molar-refractivity contribution in [3.63, 3.8) is 0 Å². The second kappa shape index (κ2) is 9.09. The van der Waals surface area contributed by atoms with Gasteiger partial charge in [0, 0.05) is 24.6 Å². The summed E-state index contributed by atoms with van der Waals surface area (Å²) < 4.78 is 39.1. The van der Waals surface area contributed by atoms with Gasteiger partial charge >= 0.3 is 6.18 Å². The third-order valence-corrected chi connectivity index (χ3v) is 4.86. The number of carbonyl (C=O) groups excluding carboxylic acids is 2. The zero-order valence-corrected chi connectivity index (χ0v) is 17.3. The first-order valence-electron chi connectivity index (χ1n) is 8.98. The second-order valence-electron chi connectivity index (χ2n) is 6.50. The maximum absolute atomic E-state index is 13.0. The number of rotatable bonds is 5. The Morgan fingerprint density at radius 3 is 2.65 bits per heavy atom. The van der Waals surface area contributed by atoms with Crippen molar-refractivity contribution in [3.8, 4) is 0 Å². The first kappa shape index (κ1) is 22.2. The summed E-state index contributed by atoms with van der Waals surface area (Å²) in [4.78, 5) is 33.6. The van der Waals surface area contributed by atoms with E-state index in [0.717, 1.165) is 33.9 Å². The molecule has 6 nitrogen and oxygen atoms in total. The Morgan fingerprint density at radius 1 is 1.19 bits per heavy atom. The van der Waals surface area contributed by atoms with Crippen LogP contribution < -0.4 is 10.2 Å². The number of hydrogen-bond acceptors (Lipinski definition) is 5. The van der Waals surface area contributed by atoms with E-state index in [0.29, 0.717) is 11.5 Å². The van der Waals surface area contributed by atoms with E-state index in [1.807, 2.05) is 6.92 Å². The summed E-state index contributed by atoms with van der Waals surface area (Å²) in [5, 5.41) is 4.39. The fraction of sp³-hybridized carbons (Fsp3) is 0.143. The number of alkyl halides is 3. The number of pyridine rings is 1. The van der Waals surface area contributed by atoms with Crippen molar-refractivity contribution in [2.75, 3.05) is 10.2 Å². The van der Waals surface area contributed by atoms with E-state index in [2.05, 4.69) is 15.3 Å². The molecular formula is C21H17F3N4O2S. The van der Waals surface area contributed by atoms with Crippen molar-refractivity contribution in [3.05, 3.63) is 70.9 Å². The highest BCUT2D eigenvalue weighted by Crippen LogP contribution is 2.35. The third-order valence-electron chi connectivity index (χ3n) is 4.02. The lowest BCUT2D eigenvalue weighted by molar-refractivity contribution is -0.137. The maximum Gasteiger partial charge on any atom is 0.416 e. The predicted molar refractivity (Wildman–Crippen MR) is 113 cm³/mol. The fourth-order valence-corrected chi connectivity index (χ4v) is 3.49. The monoisotopic (exact) mass is 446 g/mol. The van der Waals surface area contributed by atoms with Crippen LogP contribution in [0.4, 0.5) is 29.8 Å². The van der Waals surface area contributed by atoms with Gasteiger partial charge in [-0.3, -0.25) is 14.5 Å². The maximum atomic E-state index is 13.0. The minimum atomic E-state index is -4.53. The highest BCUT2D eigenvalue weighted by Gasteiger charge is 2.31. The number of aromatic nitrogens is 2. The van der Waals surface area contributed by atoms with Gasteiger partial charge in [-0.1, -0.05) is 6.07 Å². The molecule has 2 heterocycles. The van der Waals surface area contributed by atoms with Gasteiger partial charge < -0.3 is 5.32 Å². The largest absolute Gasteiger partial charge is 0.416 e. The molecule has 0 spiro atoms. The Labute approximate surface area is 180 Å². The highest BCUT2D eigenvalue weighted by molar-refractivity contribution is 7.14. The standard InChI is InChI=1S/C21H17F3N4O2S/c1-13-8-9-25-18(10-13)27-19(30)7-6-16-12-31-20(26-16)28(14(2)29)17-5-3-4-15(11-17)21(22,23)24/h3-12H,1-2H3,(H,25,27,30)/b7-6+. The molecule has 0 bridgehead atoms. The van der Waals surface area contributed by atoms with Gasteiger partial charge in [0.15, 0.2) is 5.13 Å². The fourth-order valence-electron chi connectivity index (χ4n) is 2.64. The number of nitrogens with zero attached hydrogens (tertiary/aromatic N) is 3. The SMILES string of the molecule is CC(=O)N(c1cccc(C(F)(F)F)c1)c1nc(/C=C/C(=O)Nc2cc(C)ccn2)cs1. The molecule has 160 valence electrons. The number of nitrogens with one attached hydrogen (secondary N) is 1. The van der Waals surface area contributed by atoms with Gasteiger partial charge in [-0.2, -0.15) is 13.2 Å². The van der Waals surface area contributed by atoms with E-state index in [4.69, 9.17) is 0 Å². The zero-order valence-electron chi connectivity index (χ0n) is 16.5. The van der Waals surface area contributed by atoms with Crippen molar-refractivity contribution in [1.29, 1.82) is 0 Å². The average Bonchev–Trinajstić information content (AvgIpc) is 3.14. The van der Waals surface area contributed by atoms with Crippen LogP contribution in [0.15, 0.2) is 54.1 Å². The van der Waals surface area contributed by atoms with E-state index in [9.17, 15) is 22.8 Å². The van der Waals surface area contributed by atoms with Gasteiger partial charge in [-0.25, -0.2) is 9.97 Å². The first-order chi connectivity index (χ1) is 14.6. The molecule has 0 saturated carbocycles. The van der Waals surface area contributed by atoms with Gasteiger partial charge in [0.2, 0.25) is 11.8 Å². The molecule has 0 aliphatic heterocycles. The summed E-state index contributed by atoms with van der Waals surface area (Å²) in [7, 11) is 0. The zero-order chi connectivity index (χ0) is 22.6. The molecule has 2 aromatic heterocycles. The molecule has 10 heteroatoms. The van der Waals surface area contributed by atoms with Gasteiger partial charge in [0.05, 0.1) is 16.9 Å². The van der Waals surface area contributed by atoms with Gasteiger partial charge in [-0.05, 0) is 48.9 Å². The molecule has 0 atom stereocenters. The van der Waals surface area contributed by atoms with E-state index in [-0.39, 0.29) is 10.8 Å². The van der Waals surface area contributed by atoms with Crippen molar-refractivity contribution in [2.24, 2.45) is 0 Å². The van der Waals surface area contributed by atoms with Crippen LogP contribution in [0.2, 0.25) is 0 Å². The Bertz CT molecular complexity index is 1140. The van der Waals surface area contributed by atoms with E-state index < -0.39 is 23.6 Å². The number of amides is 2. The average molecular weight is 446 g/mol.